The topological polar surface area (TPSA) is 49.8 Å². The van der Waals surface area contributed by atoms with E-state index >= 15 is 0 Å². The van der Waals surface area contributed by atoms with E-state index in [1.807, 2.05) is 6.08 Å². The van der Waals surface area contributed by atoms with E-state index in [0.29, 0.717) is 35.9 Å². The monoisotopic (exact) mass is 405 g/mol. The van der Waals surface area contributed by atoms with Gasteiger partial charge < -0.3 is 9.84 Å². The van der Waals surface area contributed by atoms with Gasteiger partial charge in [0.2, 0.25) is 0 Å². The summed E-state index contributed by atoms with van der Waals surface area (Å²) in [5.41, 5.74) is 0.979. The van der Waals surface area contributed by atoms with Crippen LogP contribution in [0.5, 0.6) is 0 Å². The quantitative estimate of drug-likeness (QED) is 0.481. The van der Waals surface area contributed by atoms with Gasteiger partial charge in [-0.1, -0.05) is 49.6 Å². The van der Waals surface area contributed by atoms with Crippen LogP contribution in [0.2, 0.25) is 0 Å². The predicted molar refractivity (Wildman–Crippen MR) is 111 cm³/mol. The first-order chi connectivity index (χ1) is 13.5. The SMILES string of the molecule is C[C@H]1/C=C/[C@@H](O)/C=C(\Cl)CCOC(=O)C2=CC[C@H]3CCC[C@]4(CCCC14)N3C2. The second-order valence-electron chi connectivity index (χ2n) is 8.98. The normalized spacial score (nSPS) is 42.9. The molecule has 4 nitrogen and oxygen atoms in total. The van der Waals surface area contributed by atoms with Crippen molar-refractivity contribution in [1.29, 1.82) is 0 Å². The van der Waals surface area contributed by atoms with E-state index in [-0.39, 0.29) is 18.1 Å². The molecule has 0 aromatic rings. The van der Waals surface area contributed by atoms with E-state index in [4.69, 9.17) is 16.3 Å². The highest BCUT2D eigenvalue weighted by molar-refractivity contribution is 6.29. The second-order valence-corrected chi connectivity index (χ2v) is 9.46. The van der Waals surface area contributed by atoms with Gasteiger partial charge in [0.1, 0.15) is 0 Å². The van der Waals surface area contributed by atoms with Crippen molar-refractivity contribution in [3.05, 3.63) is 34.9 Å². The van der Waals surface area contributed by atoms with E-state index in [1.54, 1.807) is 6.08 Å². The lowest BCUT2D eigenvalue weighted by Crippen LogP contribution is -2.61. The number of carbonyl (C=O) groups excluding carboxylic acids is 1. The third kappa shape index (κ3) is 3.83. The van der Waals surface area contributed by atoms with Crippen LogP contribution in [0.25, 0.3) is 0 Å². The standard InChI is InChI=1S/C23H32ClNO3/c1-16-6-9-20(26)14-18(24)10-13-28-22(27)17-7-8-19-4-2-11-23(25(19)15-17)12-3-5-21(16)23/h6-7,9,14,16,19-21,26H,2-5,8,10-13,15H2,1H3/b9-6+,18-14-/t16-,19+,20+,21?,23+/m0/s1. The van der Waals surface area contributed by atoms with E-state index in [1.165, 1.54) is 38.5 Å². The van der Waals surface area contributed by atoms with Crippen molar-refractivity contribution in [1.82, 2.24) is 4.90 Å². The van der Waals surface area contributed by atoms with Gasteiger partial charge in [0.15, 0.2) is 0 Å². The molecule has 28 heavy (non-hydrogen) atoms. The number of aliphatic hydroxyl groups is 1. The molecule has 1 unspecified atom stereocenters. The Morgan fingerprint density at radius 2 is 2.04 bits per heavy atom. The largest absolute Gasteiger partial charge is 0.462 e. The van der Waals surface area contributed by atoms with E-state index in [2.05, 4.69) is 24.0 Å². The summed E-state index contributed by atoms with van der Waals surface area (Å²) in [4.78, 5) is 15.3. The molecule has 4 aliphatic rings. The number of esters is 1. The zero-order valence-electron chi connectivity index (χ0n) is 16.8. The molecule has 0 radical (unpaired) electrons. The number of fused-ring (bicyclic) bond motifs is 1. The molecule has 3 heterocycles. The number of aliphatic hydroxyl groups excluding tert-OH is 1. The van der Waals surface area contributed by atoms with Crippen molar-refractivity contribution < 1.29 is 14.6 Å². The predicted octanol–water partition coefficient (Wildman–Crippen LogP) is 4.33. The molecule has 1 N–H and O–H groups in total. The van der Waals surface area contributed by atoms with Crippen LogP contribution >= 0.6 is 11.6 Å². The van der Waals surface area contributed by atoms with Gasteiger partial charge >= 0.3 is 5.97 Å². The first kappa shape index (κ1) is 20.2. The maximum atomic E-state index is 12.7. The minimum Gasteiger partial charge on any atom is -0.462 e. The van der Waals surface area contributed by atoms with Crippen molar-refractivity contribution in [3.8, 4) is 0 Å². The zero-order valence-corrected chi connectivity index (χ0v) is 17.5. The molecule has 1 saturated carbocycles. The lowest BCUT2D eigenvalue weighted by Gasteiger charge is -2.55. The number of ether oxygens (including phenoxy) is 1. The van der Waals surface area contributed by atoms with Crippen LogP contribution in [-0.2, 0) is 9.53 Å². The number of piperidine rings is 1. The minimum absolute atomic E-state index is 0.172. The summed E-state index contributed by atoms with van der Waals surface area (Å²) in [6.45, 7) is 3.24. The van der Waals surface area contributed by atoms with E-state index < -0.39 is 6.10 Å². The highest BCUT2D eigenvalue weighted by Gasteiger charge is 2.52. The Bertz CT molecular complexity index is 700. The van der Waals surface area contributed by atoms with Crippen LogP contribution in [0.3, 0.4) is 0 Å². The second kappa shape index (κ2) is 8.33. The smallest absolute Gasteiger partial charge is 0.335 e. The summed E-state index contributed by atoms with van der Waals surface area (Å²) in [5, 5.41) is 10.8. The molecule has 5 atom stereocenters. The third-order valence-corrected chi connectivity index (χ3v) is 7.70. The van der Waals surface area contributed by atoms with Crippen molar-refractivity contribution in [2.75, 3.05) is 13.2 Å². The molecule has 1 aliphatic carbocycles. The Morgan fingerprint density at radius 1 is 1.25 bits per heavy atom. The van der Waals surface area contributed by atoms with Crippen LogP contribution < -0.4 is 0 Å². The summed E-state index contributed by atoms with van der Waals surface area (Å²) in [7, 11) is 0. The number of nitrogens with zero attached hydrogens (tertiary/aromatic N) is 1. The van der Waals surface area contributed by atoms with Crippen LogP contribution in [-0.4, -0.2) is 46.8 Å². The summed E-state index contributed by atoms with van der Waals surface area (Å²) in [6, 6.07) is 0.541. The maximum absolute atomic E-state index is 12.7. The first-order valence-electron chi connectivity index (χ1n) is 10.8. The number of hydrogen-bond donors (Lipinski definition) is 1. The average molecular weight is 406 g/mol. The number of halogens is 1. The van der Waals surface area contributed by atoms with Gasteiger partial charge in [-0.25, -0.2) is 4.79 Å². The van der Waals surface area contributed by atoms with Gasteiger partial charge in [-0.2, -0.15) is 0 Å². The first-order valence-corrected chi connectivity index (χ1v) is 11.2. The minimum atomic E-state index is -0.700. The van der Waals surface area contributed by atoms with Crippen LogP contribution in [0.1, 0.15) is 58.3 Å². The lowest BCUT2D eigenvalue weighted by atomic mass is 9.70. The fourth-order valence-electron chi connectivity index (χ4n) is 6.10. The van der Waals surface area contributed by atoms with E-state index in [0.717, 1.165) is 12.0 Å². The number of cyclic esters (lactones) is 1. The lowest BCUT2D eigenvalue weighted by molar-refractivity contribution is -0.140. The van der Waals surface area contributed by atoms with Gasteiger partial charge in [-0.3, -0.25) is 4.90 Å². The Morgan fingerprint density at radius 3 is 2.86 bits per heavy atom. The fraction of sp³-hybridized carbons (Fsp3) is 0.696. The fourth-order valence-corrected chi connectivity index (χ4v) is 6.30. The number of carbonyl (C=O) groups is 1. The third-order valence-electron chi connectivity index (χ3n) is 7.39. The van der Waals surface area contributed by atoms with Crippen LogP contribution in [0.15, 0.2) is 34.9 Å². The molecule has 0 amide bonds. The van der Waals surface area contributed by atoms with Gasteiger partial charge in [0.25, 0.3) is 0 Å². The summed E-state index contributed by atoms with van der Waals surface area (Å²) in [6.07, 6.45) is 15.8. The number of rotatable bonds is 0. The molecule has 0 aromatic carbocycles. The number of hydrogen-bond acceptors (Lipinski definition) is 4. The Hall–Kier alpha value is -1.10. The Kier molecular flexibility index (Phi) is 6.01. The summed E-state index contributed by atoms with van der Waals surface area (Å²) in [5.74, 6) is 0.730. The molecular formula is C23H32ClNO3. The molecular weight excluding hydrogens is 374 g/mol. The van der Waals surface area contributed by atoms with Crippen molar-refractivity contribution in [2.24, 2.45) is 11.8 Å². The summed E-state index contributed by atoms with van der Waals surface area (Å²) >= 11 is 6.22. The molecule has 1 saturated heterocycles. The molecule has 2 fully saturated rings. The molecule has 5 heteroatoms. The molecule has 1 spiro atoms. The molecule has 3 aliphatic heterocycles. The molecule has 4 rings (SSSR count). The highest BCUT2D eigenvalue weighted by atomic mass is 35.5. The van der Waals surface area contributed by atoms with Crippen LogP contribution in [0.4, 0.5) is 0 Å². The van der Waals surface area contributed by atoms with Crippen molar-refractivity contribution in [3.63, 3.8) is 0 Å². The average Bonchev–Trinajstić information content (AvgIpc) is 3.09. The van der Waals surface area contributed by atoms with Crippen molar-refractivity contribution in [2.45, 2.75) is 76.0 Å². The van der Waals surface area contributed by atoms with E-state index in [9.17, 15) is 9.90 Å². The molecule has 2 bridgehead atoms. The highest BCUT2D eigenvalue weighted by Crippen LogP contribution is 2.52. The Labute approximate surface area is 173 Å². The molecule has 0 aromatic heterocycles. The summed E-state index contributed by atoms with van der Waals surface area (Å²) < 4.78 is 5.50. The maximum Gasteiger partial charge on any atom is 0.335 e. The van der Waals surface area contributed by atoms with Gasteiger partial charge in [-0.05, 0) is 50.0 Å². The van der Waals surface area contributed by atoms with Gasteiger partial charge in [0, 0.05) is 35.2 Å². The van der Waals surface area contributed by atoms with Crippen LogP contribution in [0, 0.1) is 11.8 Å². The number of allylic oxidation sites excluding steroid dienone is 1. The van der Waals surface area contributed by atoms with Crippen molar-refractivity contribution >= 4 is 17.6 Å². The zero-order chi connectivity index (χ0) is 19.7. The molecule has 154 valence electrons. The Balaban J connectivity index is 1.69. The van der Waals surface area contributed by atoms with Gasteiger partial charge in [-0.15, -0.1) is 0 Å². The van der Waals surface area contributed by atoms with Gasteiger partial charge in [0.05, 0.1) is 12.7 Å².